The molecule has 0 spiro atoms. The van der Waals surface area contributed by atoms with Gasteiger partial charge in [0, 0.05) is 10.7 Å². The first kappa shape index (κ1) is 23.3. The topological polar surface area (TPSA) is 72.6 Å². The predicted octanol–water partition coefficient (Wildman–Crippen LogP) is 6.58. The molecule has 0 aliphatic carbocycles. The zero-order valence-electron chi connectivity index (χ0n) is 19.6. The Morgan fingerprint density at radius 3 is 2.60 bits per heavy atom. The van der Waals surface area contributed by atoms with E-state index in [1.807, 2.05) is 43.3 Å². The number of aryl methyl sites for hydroxylation is 1. The zero-order chi connectivity index (χ0) is 24.5. The summed E-state index contributed by atoms with van der Waals surface area (Å²) in [4.78, 5) is 33.4. The van der Waals surface area contributed by atoms with Crippen molar-refractivity contribution in [1.82, 2.24) is 4.98 Å². The normalized spacial score (nSPS) is 15.0. The molecule has 1 aliphatic heterocycles. The third-order valence-corrected chi connectivity index (χ3v) is 6.69. The Morgan fingerprint density at radius 1 is 1.06 bits per heavy atom. The van der Waals surface area contributed by atoms with Crippen LogP contribution in [0.25, 0.3) is 11.0 Å². The van der Waals surface area contributed by atoms with Gasteiger partial charge in [-0.3, -0.25) is 14.5 Å². The zero-order valence-corrected chi connectivity index (χ0v) is 21.2. The number of hydrogen-bond donors (Lipinski definition) is 0. The molecule has 2 aromatic carbocycles. The lowest BCUT2D eigenvalue weighted by molar-refractivity contribution is 0.0970. The number of fused-ring (bicyclic) bond motifs is 2. The highest BCUT2D eigenvalue weighted by Crippen LogP contribution is 2.41. The van der Waals surface area contributed by atoms with Gasteiger partial charge < -0.3 is 9.15 Å². The molecule has 4 aromatic rings. The first-order chi connectivity index (χ1) is 17.0. The van der Waals surface area contributed by atoms with Crippen LogP contribution in [0, 0.1) is 6.92 Å². The van der Waals surface area contributed by atoms with E-state index in [9.17, 15) is 9.59 Å². The molecule has 0 saturated heterocycles. The average molecular weight is 533 g/mol. The Hall–Kier alpha value is -3.45. The molecule has 0 bridgehead atoms. The van der Waals surface area contributed by atoms with E-state index < -0.39 is 6.04 Å². The second-order valence-corrected chi connectivity index (χ2v) is 9.62. The van der Waals surface area contributed by atoms with Crippen LogP contribution in [0.5, 0.6) is 5.75 Å². The van der Waals surface area contributed by atoms with Crippen molar-refractivity contribution >= 4 is 38.6 Å². The molecule has 0 saturated carbocycles. The average Bonchev–Trinajstić information content (AvgIpc) is 3.15. The highest BCUT2D eigenvalue weighted by molar-refractivity contribution is 9.10. The molecule has 1 atom stereocenters. The van der Waals surface area contributed by atoms with Crippen molar-refractivity contribution in [2.24, 2.45) is 0 Å². The van der Waals surface area contributed by atoms with E-state index in [0.717, 1.165) is 40.6 Å². The van der Waals surface area contributed by atoms with Crippen molar-refractivity contribution in [2.45, 2.75) is 39.2 Å². The highest BCUT2D eigenvalue weighted by atomic mass is 79.9. The van der Waals surface area contributed by atoms with E-state index in [0.29, 0.717) is 29.0 Å². The smallest absolute Gasteiger partial charge is 0.296 e. The summed E-state index contributed by atoms with van der Waals surface area (Å²) in [5.74, 6) is 0.892. The van der Waals surface area contributed by atoms with Crippen LogP contribution in [-0.4, -0.2) is 17.5 Å². The van der Waals surface area contributed by atoms with Gasteiger partial charge in [0.1, 0.15) is 17.2 Å². The molecule has 178 valence electrons. The van der Waals surface area contributed by atoms with Gasteiger partial charge in [0.2, 0.25) is 5.76 Å². The largest absolute Gasteiger partial charge is 0.494 e. The van der Waals surface area contributed by atoms with Crippen molar-refractivity contribution in [3.05, 3.63) is 97.9 Å². The first-order valence-corrected chi connectivity index (χ1v) is 12.5. The van der Waals surface area contributed by atoms with Crippen LogP contribution in [0.3, 0.4) is 0 Å². The van der Waals surface area contributed by atoms with Gasteiger partial charge in [-0.1, -0.05) is 47.8 Å². The van der Waals surface area contributed by atoms with Crippen LogP contribution in [0.15, 0.2) is 74.5 Å². The van der Waals surface area contributed by atoms with Gasteiger partial charge in [-0.25, -0.2) is 4.98 Å². The number of anilines is 1. The van der Waals surface area contributed by atoms with E-state index in [-0.39, 0.29) is 17.1 Å². The van der Waals surface area contributed by atoms with Crippen LogP contribution in [0.1, 0.15) is 59.5 Å². The first-order valence-electron chi connectivity index (χ1n) is 11.7. The number of carbonyl (C=O) groups excluding carboxylic acids is 1. The third kappa shape index (κ3) is 4.36. The molecular weight excluding hydrogens is 508 g/mol. The SMILES string of the molecule is CCCCCOc1ccc(C2c3c(oc4ccc(Br)cc4c3=O)C(=O)N2c2cc(C)ccn2)cc1. The van der Waals surface area contributed by atoms with Crippen LogP contribution >= 0.6 is 15.9 Å². The number of pyridine rings is 1. The fraction of sp³-hybridized carbons (Fsp3) is 0.250. The molecular formula is C28H25BrN2O4. The fourth-order valence-electron chi connectivity index (χ4n) is 4.44. The predicted molar refractivity (Wildman–Crippen MR) is 139 cm³/mol. The molecule has 6 nitrogen and oxygen atoms in total. The number of aromatic nitrogens is 1. The highest BCUT2D eigenvalue weighted by Gasteiger charge is 2.44. The Bertz CT molecular complexity index is 1460. The maximum absolute atomic E-state index is 13.7. The van der Waals surface area contributed by atoms with Crippen LogP contribution in [0.4, 0.5) is 5.82 Å². The van der Waals surface area contributed by atoms with Gasteiger partial charge in [-0.15, -0.1) is 0 Å². The summed E-state index contributed by atoms with van der Waals surface area (Å²) in [5.41, 5.74) is 2.21. The van der Waals surface area contributed by atoms with Crippen LogP contribution < -0.4 is 15.1 Å². The Morgan fingerprint density at radius 2 is 1.86 bits per heavy atom. The minimum atomic E-state index is -0.666. The number of nitrogens with zero attached hydrogens (tertiary/aromatic N) is 2. The minimum Gasteiger partial charge on any atom is -0.494 e. The maximum Gasteiger partial charge on any atom is 0.296 e. The van der Waals surface area contributed by atoms with Crippen molar-refractivity contribution in [3.8, 4) is 5.75 Å². The van der Waals surface area contributed by atoms with Gasteiger partial charge in [-0.05, 0) is 66.9 Å². The van der Waals surface area contributed by atoms with Crippen molar-refractivity contribution < 1.29 is 13.9 Å². The van der Waals surface area contributed by atoms with Crippen molar-refractivity contribution in [3.63, 3.8) is 0 Å². The summed E-state index contributed by atoms with van der Waals surface area (Å²) in [7, 11) is 0. The molecule has 3 heterocycles. The van der Waals surface area contributed by atoms with Crippen LogP contribution in [0.2, 0.25) is 0 Å². The van der Waals surface area contributed by atoms with Crippen LogP contribution in [-0.2, 0) is 0 Å². The molecule has 2 aromatic heterocycles. The number of unbranched alkanes of at least 4 members (excludes halogenated alkanes) is 2. The quantitative estimate of drug-likeness (QED) is 0.251. The number of rotatable bonds is 7. The summed E-state index contributed by atoms with van der Waals surface area (Å²) >= 11 is 3.43. The Labute approximate surface area is 211 Å². The van der Waals surface area contributed by atoms with Gasteiger partial charge in [0.05, 0.1) is 23.6 Å². The molecule has 0 radical (unpaired) electrons. The molecule has 0 N–H and O–H groups in total. The number of amides is 1. The number of ether oxygens (including phenoxy) is 1. The van der Waals surface area contributed by atoms with Gasteiger partial charge in [-0.2, -0.15) is 0 Å². The fourth-order valence-corrected chi connectivity index (χ4v) is 4.80. The summed E-state index contributed by atoms with van der Waals surface area (Å²) < 4.78 is 12.6. The summed E-state index contributed by atoms with van der Waals surface area (Å²) in [6, 6.07) is 15.8. The molecule has 5 rings (SSSR count). The molecule has 7 heteroatoms. The number of benzene rings is 2. The maximum atomic E-state index is 13.7. The van der Waals surface area contributed by atoms with E-state index >= 15 is 0 Å². The number of halogens is 1. The third-order valence-electron chi connectivity index (χ3n) is 6.19. The minimum absolute atomic E-state index is 0.0537. The molecule has 1 amide bonds. The molecule has 1 unspecified atom stereocenters. The lowest BCUT2D eigenvalue weighted by atomic mass is 9.98. The summed E-state index contributed by atoms with van der Waals surface area (Å²) in [5, 5.41) is 0.422. The molecule has 0 fully saturated rings. The van der Waals surface area contributed by atoms with Gasteiger partial charge in [0.15, 0.2) is 5.43 Å². The second kappa shape index (κ2) is 9.66. The second-order valence-electron chi connectivity index (χ2n) is 8.71. The Balaban J connectivity index is 1.63. The van der Waals surface area contributed by atoms with Gasteiger partial charge in [0.25, 0.3) is 5.91 Å². The van der Waals surface area contributed by atoms with E-state index in [1.165, 1.54) is 0 Å². The Kier molecular flexibility index (Phi) is 6.43. The van der Waals surface area contributed by atoms with E-state index in [4.69, 9.17) is 9.15 Å². The van der Waals surface area contributed by atoms with E-state index in [2.05, 4.69) is 27.8 Å². The number of hydrogen-bond acceptors (Lipinski definition) is 5. The standard InChI is InChI=1S/C28H25BrN2O4/c1-3-4-5-14-34-20-9-6-18(7-10-20)25-24-26(32)21-16-19(29)8-11-22(21)35-27(24)28(33)31(25)23-15-17(2)12-13-30-23/h6-13,15-16,25H,3-5,14H2,1-2H3. The van der Waals surface area contributed by atoms with Crippen molar-refractivity contribution in [1.29, 1.82) is 0 Å². The monoisotopic (exact) mass is 532 g/mol. The summed E-state index contributed by atoms with van der Waals surface area (Å²) in [6.07, 6.45) is 4.92. The lowest BCUT2D eigenvalue weighted by Crippen LogP contribution is -2.30. The van der Waals surface area contributed by atoms with Gasteiger partial charge >= 0.3 is 0 Å². The molecule has 1 aliphatic rings. The summed E-state index contributed by atoms with van der Waals surface area (Å²) in [6.45, 7) is 4.75. The lowest BCUT2D eigenvalue weighted by Gasteiger charge is -2.24. The van der Waals surface area contributed by atoms with E-state index in [1.54, 1.807) is 29.3 Å². The van der Waals surface area contributed by atoms with Crippen molar-refractivity contribution in [2.75, 3.05) is 11.5 Å². The number of carbonyl (C=O) groups is 1. The molecule has 35 heavy (non-hydrogen) atoms.